The van der Waals surface area contributed by atoms with Crippen LogP contribution in [-0.2, 0) is 6.42 Å². The van der Waals surface area contributed by atoms with Gasteiger partial charge in [0.05, 0.1) is 0 Å². The van der Waals surface area contributed by atoms with Crippen LogP contribution in [0, 0.1) is 0 Å². The van der Waals surface area contributed by atoms with E-state index in [-0.39, 0.29) is 0 Å². The molecule has 0 aliphatic heterocycles. The lowest BCUT2D eigenvalue weighted by Gasteiger charge is -2.08. The van der Waals surface area contributed by atoms with Crippen molar-refractivity contribution in [2.75, 3.05) is 36.2 Å². The maximum Gasteiger partial charge on any atom is 0.132 e. The fraction of sp³-hybridized carbons (Fsp3) is 0.636. The molecule has 0 spiro atoms. The van der Waals surface area contributed by atoms with Gasteiger partial charge in [0.1, 0.15) is 17.5 Å². The Labute approximate surface area is 102 Å². The van der Waals surface area contributed by atoms with Gasteiger partial charge in [0.2, 0.25) is 0 Å². The van der Waals surface area contributed by atoms with E-state index in [1.165, 1.54) is 5.75 Å². The zero-order valence-electron chi connectivity index (χ0n) is 10.2. The average Bonchev–Trinajstić information content (AvgIpc) is 2.34. The monoisotopic (exact) mass is 240 g/mol. The Morgan fingerprint density at radius 3 is 2.69 bits per heavy atom. The lowest BCUT2D eigenvalue weighted by atomic mass is 10.4. The smallest absolute Gasteiger partial charge is 0.132 e. The third-order valence-electron chi connectivity index (χ3n) is 2.18. The molecule has 0 saturated carbocycles. The quantitative estimate of drug-likeness (QED) is 0.716. The molecule has 5 heteroatoms. The zero-order chi connectivity index (χ0) is 11.8. The van der Waals surface area contributed by atoms with Crippen molar-refractivity contribution in [3.63, 3.8) is 0 Å². The number of nitrogens with zero attached hydrogens (tertiary/aromatic N) is 2. The molecule has 0 radical (unpaired) electrons. The van der Waals surface area contributed by atoms with E-state index in [0.29, 0.717) is 0 Å². The highest BCUT2D eigenvalue weighted by Gasteiger charge is 2.01. The molecule has 1 aromatic rings. The maximum absolute atomic E-state index is 4.43. The summed E-state index contributed by atoms with van der Waals surface area (Å²) < 4.78 is 0. The van der Waals surface area contributed by atoms with Crippen molar-refractivity contribution in [1.29, 1.82) is 0 Å². The summed E-state index contributed by atoms with van der Waals surface area (Å²) in [5.74, 6) is 3.84. The second-order valence-corrected chi connectivity index (χ2v) is 4.42. The summed E-state index contributed by atoms with van der Waals surface area (Å²) >= 11 is 1.87. The first-order valence-corrected chi connectivity index (χ1v) is 6.98. The van der Waals surface area contributed by atoms with Crippen molar-refractivity contribution in [2.45, 2.75) is 19.8 Å². The third-order valence-corrected chi connectivity index (χ3v) is 2.87. The van der Waals surface area contributed by atoms with Crippen LogP contribution in [0.1, 0.15) is 19.2 Å². The van der Waals surface area contributed by atoms with E-state index in [1.54, 1.807) is 0 Å². The molecule has 0 aliphatic rings. The van der Waals surface area contributed by atoms with Crippen LogP contribution in [0.15, 0.2) is 6.07 Å². The van der Waals surface area contributed by atoms with E-state index in [0.717, 1.165) is 36.8 Å². The molecule has 1 aromatic heterocycles. The van der Waals surface area contributed by atoms with Crippen LogP contribution >= 0.6 is 11.8 Å². The topological polar surface area (TPSA) is 49.8 Å². The largest absolute Gasteiger partial charge is 0.373 e. The molecule has 1 heterocycles. The number of rotatable bonds is 7. The highest BCUT2D eigenvalue weighted by atomic mass is 32.2. The van der Waals surface area contributed by atoms with E-state index in [1.807, 2.05) is 24.9 Å². The number of hydrogen-bond donors (Lipinski definition) is 2. The standard InChI is InChI=1S/C11H20N4S/c1-4-9-14-10(12-2)8-11(15-9)13-6-5-7-16-3/h8H,4-7H2,1-3H3,(H2,12,13,14,15). The van der Waals surface area contributed by atoms with Crippen molar-refractivity contribution < 1.29 is 0 Å². The number of anilines is 2. The molecule has 0 bridgehead atoms. The summed E-state index contributed by atoms with van der Waals surface area (Å²) in [4.78, 5) is 8.78. The fourth-order valence-corrected chi connectivity index (χ4v) is 1.74. The van der Waals surface area contributed by atoms with Crippen LogP contribution in [0.25, 0.3) is 0 Å². The summed E-state index contributed by atoms with van der Waals surface area (Å²) in [6.45, 7) is 3.02. The Kier molecular flexibility index (Phi) is 6.00. The summed E-state index contributed by atoms with van der Waals surface area (Å²) in [6, 6.07) is 1.94. The van der Waals surface area contributed by atoms with Gasteiger partial charge in [-0.05, 0) is 18.4 Å². The normalized spacial score (nSPS) is 10.2. The molecule has 0 fully saturated rings. The van der Waals surface area contributed by atoms with E-state index in [4.69, 9.17) is 0 Å². The molecule has 0 amide bonds. The molecule has 0 saturated heterocycles. The minimum atomic E-state index is 0.856. The van der Waals surface area contributed by atoms with Crippen LogP contribution in [0.4, 0.5) is 11.6 Å². The molecule has 0 atom stereocenters. The SMILES string of the molecule is CCc1nc(NC)cc(NCCCSC)n1. The van der Waals surface area contributed by atoms with Gasteiger partial charge in [-0.1, -0.05) is 6.92 Å². The number of hydrogen-bond acceptors (Lipinski definition) is 5. The number of thioether (sulfide) groups is 1. The van der Waals surface area contributed by atoms with Crippen molar-refractivity contribution in [2.24, 2.45) is 0 Å². The zero-order valence-corrected chi connectivity index (χ0v) is 11.0. The molecule has 0 aromatic carbocycles. The minimum Gasteiger partial charge on any atom is -0.373 e. The van der Waals surface area contributed by atoms with Gasteiger partial charge in [-0.15, -0.1) is 0 Å². The van der Waals surface area contributed by atoms with Gasteiger partial charge in [-0.2, -0.15) is 11.8 Å². The highest BCUT2D eigenvalue weighted by molar-refractivity contribution is 7.98. The first kappa shape index (κ1) is 13.1. The Bertz CT molecular complexity index is 295. The van der Waals surface area contributed by atoms with Gasteiger partial charge in [0.25, 0.3) is 0 Å². The Balaban J connectivity index is 2.57. The highest BCUT2D eigenvalue weighted by Crippen LogP contribution is 2.11. The lowest BCUT2D eigenvalue weighted by Crippen LogP contribution is -2.08. The van der Waals surface area contributed by atoms with Crippen molar-refractivity contribution in [1.82, 2.24) is 9.97 Å². The van der Waals surface area contributed by atoms with Crippen LogP contribution in [-0.4, -0.2) is 35.6 Å². The number of aromatic nitrogens is 2. The molecule has 1 rings (SSSR count). The molecule has 2 N–H and O–H groups in total. The van der Waals surface area contributed by atoms with Crippen LogP contribution in [0.5, 0.6) is 0 Å². The third kappa shape index (κ3) is 4.26. The summed E-state index contributed by atoms with van der Waals surface area (Å²) in [7, 11) is 1.87. The predicted octanol–water partition coefficient (Wildman–Crippen LogP) is 2.25. The van der Waals surface area contributed by atoms with Gasteiger partial charge < -0.3 is 10.6 Å². The van der Waals surface area contributed by atoms with Crippen LogP contribution in [0.2, 0.25) is 0 Å². The van der Waals surface area contributed by atoms with Gasteiger partial charge in [-0.3, -0.25) is 0 Å². The van der Waals surface area contributed by atoms with Crippen LogP contribution < -0.4 is 10.6 Å². The Morgan fingerprint density at radius 2 is 2.06 bits per heavy atom. The van der Waals surface area contributed by atoms with Gasteiger partial charge in [-0.25, -0.2) is 9.97 Å². The van der Waals surface area contributed by atoms with Gasteiger partial charge >= 0.3 is 0 Å². The van der Waals surface area contributed by atoms with Crippen molar-refractivity contribution in [3.8, 4) is 0 Å². The maximum atomic E-state index is 4.43. The van der Waals surface area contributed by atoms with E-state index >= 15 is 0 Å². The lowest BCUT2D eigenvalue weighted by molar-refractivity contribution is 0.921. The molecule has 16 heavy (non-hydrogen) atoms. The summed E-state index contributed by atoms with van der Waals surface area (Å²) in [5.41, 5.74) is 0. The molecule has 0 aliphatic carbocycles. The van der Waals surface area contributed by atoms with Gasteiger partial charge in [0.15, 0.2) is 0 Å². The van der Waals surface area contributed by atoms with E-state index in [2.05, 4.69) is 33.8 Å². The number of aryl methyl sites for hydroxylation is 1. The minimum absolute atomic E-state index is 0.856. The van der Waals surface area contributed by atoms with Gasteiger partial charge in [0, 0.05) is 26.1 Å². The van der Waals surface area contributed by atoms with Crippen molar-refractivity contribution >= 4 is 23.4 Å². The van der Waals surface area contributed by atoms with E-state index < -0.39 is 0 Å². The van der Waals surface area contributed by atoms with Crippen molar-refractivity contribution in [3.05, 3.63) is 11.9 Å². The molecular weight excluding hydrogens is 220 g/mol. The Hall–Kier alpha value is -0.970. The molecular formula is C11H20N4S. The molecule has 90 valence electrons. The fourth-order valence-electron chi connectivity index (χ4n) is 1.31. The summed E-state index contributed by atoms with van der Waals surface area (Å²) in [5, 5.41) is 6.37. The van der Waals surface area contributed by atoms with E-state index in [9.17, 15) is 0 Å². The first-order valence-electron chi connectivity index (χ1n) is 5.58. The predicted molar refractivity (Wildman–Crippen MR) is 72.4 cm³/mol. The Morgan fingerprint density at radius 1 is 1.31 bits per heavy atom. The number of nitrogens with one attached hydrogen (secondary N) is 2. The first-order chi connectivity index (χ1) is 7.80. The summed E-state index contributed by atoms with van der Waals surface area (Å²) in [6.07, 6.45) is 4.13. The average molecular weight is 240 g/mol. The second kappa shape index (κ2) is 7.33. The van der Waals surface area contributed by atoms with Crippen LogP contribution in [0.3, 0.4) is 0 Å². The molecule has 0 unspecified atom stereocenters. The second-order valence-electron chi connectivity index (χ2n) is 3.43. The molecule has 4 nitrogen and oxygen atoms in total.